The van der Waals surface area contributed by atoms with E-state index in [0.717, 1.165) is 0 Å². The van der Waals surface area contributed by atoms with Crippen molar-refractivity contribution < 1.29 is 24.2 Å². The van der Waals surface area contributed by atoms with E-state index in [2.05, 4.69) is 0 Å². The molecule has 0 saturated carbocycles. The van der Waals surface area contributed by atoms with Crippen molar-refractivity contribution in [3.8, 4) is 11.5 Å². The fourth-order valence-electron chi connectivity index (χ4n) is 2.79. The van der Waals surface area contributed by atoms with Crippen LogP contribution in [0.2, 0.25) is 0 Å². The standard InChI is InChI=1S/C17H23NO5/c1-10(2)23-14-6-5-12(7-15(14)22-4)16(19)18-8-11(3)13(9-18)17(20)21/h5-7,10-11,13H,8-9H2,1-4H3,(H,20,21)/t11-,13-/m1/s1. The van der Waals surface area contributed by atoms with E-state index in [1.807, 2.05) is 20.8 Å². The molecule has 1 saturated heterocycles. The van der Waals surface area contributed by atoms with Gasteiger partial charge in [-0.05, 0) is 38.0 Å². The zero-order valence-corrected chi connectivity index (χ0v) is 13.9. The van der Waals surface area contributed by atoms with Gasteiger partial charge in [-0.1, -0.05) is 6.92 Å². The second-order valence-electron chi connectivity index (χ2n) is 6.16. The number of carbonyl (C=O) groups is 2. The number of benzene rings is 1. The lowest BCUT2D eigenvalue weighted by atomic mass is 9.99. The molecule has 1 aliphatic heterocycles. The maximum Gasteiger partial charge on any atom is 0.308 e. The Bertz CT molecular complexity index is 599. The minimum absolute atomic E-state index is 0.00112. The van der Waals surface area contributed by atoms with Gasteiger partial charge in [-0.15, -0.1) is 0 Å². The molecule has 2 atom stereocenters. The van der Waals surface area contributed by atoms with E-state index in [-0.39, 0.29) is 24.5 Å². The third-order valence-electron chi connectivity index (χ3n) is 3.99. The molecule has 0 radical (unpaired) electrons. The molecule has 23 heavy (non-hydrogen) atoms. The van der Waals surface area contributed by atoms with Crippen molar-refractivity contribution in [2.45, 2.75) is 26.9 Å². The van der Waals surface area contributed by atoms with Crippen molar-refractivity contribution >= 4 is 11.9 Å². The molecule has 0 aromatic heterocycles. The Morgan fingerprint density at radius 3 is 2.48 bits per heavy atom. The van der Waals surface area contributed by atoms with Crippen LogP contribution < -0.4 is 9.47 Å². The molecule has 1 aromatic carbocycles. The molecular formula is C17H23NO5. The molecule has 0 unspecified atom stereocenters. The van der Waals surface area contributed by atoms with Crippen molar-refractivity contribution in [2.24, 2.45) is 11.8 Å². The highest BCUT2D eigenvalue weighted by molar-refractivity contribution is 5.95. The molecule has 1 aromatic rings. The Labute approximate surface area is 136 Å². The number of hydrogen-bond donors (Lipinski definition) is 1. The maximum atomic E-state index is 12.6. The van der Waals surface area contributed by atoms with Gasteiger partial charge in [0.15, 0.2) is 11.5 Å². The molecule has 6 nitrogen and oxygen atoms in total. The summed E-state index contributed by atoms with van der Waals surface area (Å²) < 4.78 is 10.9. The first-order valence-electron chi connectivity index (χ1n) is 7.70. The third-order valence-corrected chi connectivity index (χ3v) is 3.99. The van der Waals surface area contributed by atoms with Gasteiger partial charge in [-0.3, -0.25) is 9.59 Å². The summed E-state index contributed by atoms with van der Waals surface area (Å²) in [6.45, 7) is 6.36. The minimum atomic E-state index is -0.855. The van der Waals surface area contributed by atoms with Gasteiger partial charge in [0, 0.05) is 18.7 Å². The first-order valence-corrected chi connectivity index (χ1v) is 7.70. The molecule has 0 bridgehead atoms. The van der Waals surface area contributed by atoms with Crippen molar-refractivity contribution in [2.75, 3.05) is 20.2 Å². The fraction of sp³-hybridized carbons (Fsp3) is 0.529. The largest absolute Gasteiger partial charge is 0.493 e. The Morgan fingerprint density at radius 2 is 1.96 bits per heavy atom. The highest BCUT2D eigenvalue weighted by atomic mass is 16.5. The molecular weight excluding hydrogens is 298 g/mol. The summed E-state index contributed by atoms with van der Waals surface area (Å²) in [4.78, 5) is 25.4. The van der Waals surface area contributed by atoms with Crippen molar-refractivity contribution in [1.82, 2.24) is 4.90 Å². The third kappa shape index (κ3) is 3.75. The van der Waals surface area contributed by atoms with Crippen molar-refractivity contribution in [3.63, 3.8) is 0 Å². The van der Waals surface area contributed by atoms with Crippen LogP contribution in [-0.2, 0) is 4.79 Å². The lowest BCUT2D eigenvalue weighted by Crippen LogP contribution is -2.30. The van der Waals surface area contributed by atoms with Gasteiger partial charge >= 0.3 is 5.97 Å². The summed E-state index contributed by atoms with van der Waals surface area (Å²) in [5.41, 5.74) is 0.469. The normalized spacial score (nSPS) is 20.7. The van der Waals surface area contributed by atoms with E-state index in [4.69, 9.17) is 9.47 Å². The second-order valence-corrected chi connectivity index (χ2v) is 6.16. The maximum absolute atomic E-state index is 12.6. The summed E-state index contributed by atoms with van der Waals surface area (Å²) in [6.07, 6.45) is 0.00112. The molecule has 6 heteroatoms. The summed E-state index contributed by atoms with van der Waals surface area (Å²) in [7, 11) is 1.52. The van der Waals surface area contributed by atoms with Crippen LogP contribution in [0.5, 0.6) is 11.5 Å². The van der Waals surface area contributed by atoms with Gasteiger partial charge in [0.2, 0.25) is 0 Å². The van der Waals surface area contributed by atoms with Crippen molar-refractivity contribution in [1.29, 1.82) is 0 Å². The van der Waals surface area contributed by atoms with Crippen LogP contribution in [0.1, 0.15) is 31.1 Å². The predicted octanol–water partition coefficient (Wildman–Crippen LogP) is 2.28. The smallest absolute Gasteiger partial charge is 0.308 e. The first kappa shape index (κ1) is 17.1. The Hall–Kier alpha value is -2.24. The van der Waals surface area contributed by atoms with E-state index in [0.29, 0.717) is 23.6 Å². The molecule has 1 aliphatic rings. The number of nitrogens with zero attached hydrogens (tertiary/aromatic N) is 1. The average Bonchev–Trinajstić information content (AvgIpc) is 2.88. The molecule has 2 rings (SSSR count). The van der Waals surface area contributed by atoms with E-state index >= 15 is 0 Å². The summed E-state index contributed by atoms with van der Waals surface area (Å²) in [6, 6.07) is 5.03. The van der Waals surface area contributed by atoms with Gasteiger partial charge < -0.3 is 19.5 Å². The molecule has 1 fully saturated rings. The second kappa shape index (κ2) is 6.89. The molecule has 1 N–H and O–H groups in total. The van der Waals surface area contributed by atoms with Crippen LogP contribution in [0, 0.1) is 11.8 Å². The number of rotatable bonds is 5. The number of carboxylic acid groups (broad SMARTS) is 1. The number of ether oxygens (including phenoxy) is 2. The van der Waals surface area contributed by atoms with Gasteiger partial charge in [0.05, 0.1) is 19.1 Å². The zero-order valence-electron chi connectivity index (χ0n) is 13.9. The van der Waals surface area contributed by atoms with Gasteiger partial charge in [-0.25, -0.2) is 0 Å². The first-order chi connectivity index (χ1) is 10.8. The zero-order chi connectivity index (χ0) is 17.1. The van der Waals surface area contributed by atoms with Crippen LogP contribution >= 0.6 is 0 Å². The highest BCUT2D eigenvalue weighted by Crippen LogP contribution is 2.31. The highest BCUT2D eigenvalue weighted by Gasteiger charge is 2.37. The van der Waals surface area contributed by atoms with Crippen LogP contribution in [-0.4, -0.2) is 48.2 Å². The number of carboxylic acids is 1. The predicted molar refractivity (Wildman–Crippen MR) is 85.0 cm³/mol. The Balaban J connectivity index is 2.18. The van der Waals surface area contributed by atoms with Crippen LogP contribution in [0.15, 0.2) is 18.2 Å². The topological polar surface area (TPSA) is 76.1 Å². The number of methoxy groups -OCH3 is 1. The van der Waals surface area contributed by atoms with Crippen LogP contribution in [0.4, 0.5) is 0 Å². The van der Waals surface area contributed by atoms with Crippen LogP contribution in [0.25, 0.3) is 0 Å². The van der Waals surface area contributed by atoms with E-state index < -0.39 is 11.9 Å². The number of amides is 1. The lowest BCUT2D eigenvalue weighted by Gasteiger charge is -2.18. The molecule has 1 heterocycles. The minimum Gasteiger partial charge on any atom is -0.493 e. The monoisotopic (exact) mass is 321 g/mol. The van der Waals surface area contributed by atoms with E-state index in [9.17, 15) is 14.7 Å². The van der Waals surface area contributed by atoms with Gasteiger partial charge in [-0.2, -0.15) is 0 Å². The van der Waals surface area contributed by atoms with Crippen LogP contribution in [0.3, 0.4) is 0 Å². The number of carbonyl (C=O) groups excluding carboxylic acids is 1. The average molecular weight is 321 g/mol. The molecule has 126 valence electrons. The number of hydrogen-bond acceptors (Lipinski definition) is 4. The summed E-state index contributed by atoms with van der Waals surface area (Å²) >= 11 is 0. The number of likely N-dealkylation sites (tertiary alicyclic amines) is 1. The van der Waals surface area contributed by atoms with Gasteiger partial charge in [0.25, 0.3) is 5.91 Å². The quantitative estimate of drug-likeness (QED) is 0.900. The SMILES string of the molecule is COc1cc(C(=O)N2C[C@@H](C)[C@H](C(=O)O)C2)ccc1OC(C)C. The molecule has 1 amide bonds. The Kier molecular flexibility index (Phi) is 5.13. The number of aliphatic carboxylic acids is 1. The fourth-order valence-corrected chi connectivity index (χ4v) is 2.79. The van der Waals surface area contributed by atoms with Crippen molar-refractivity contribution in [3.05, 3.63) is 23.8 Å². The summed E-state index contributed by atoms with van der Waals surface area (Å²) in [5, 5.41) is 9.18. The van der Waals surface area contributed by atoms with Gasteiger partial charge in [0.1, 0.15) is 0 Å². The lowest BCUT2D eigenvalue weighted by molar-refractivity contribution is -0.142. The molecule has 0 spiro atoms. The van der Waals surface area contributed by atoms with E-state index in [1.165, 1.54) is 7.11 Å². The molecule has 0 aliphatic carbocycles. The Morgan fingerprint density at radius 1 is 1.26 bits per heavy atom. The van der Waals surface area contributed by atoms with E-state index in [1.54, 1.807) is 23.1 Å². The summed E-state index contributed by atoms with van der Waals surface area (Å²) in [5.74, 6) is -0.531.